The second-order valence-electron chi connectivity index (χ2n) is 6.92. The molecule has 1 aliphatic heterocycles. The molecular formula is C19H28N2O. The molecule has 0 spiro atoms. The second-order valence-corrected chi connectivity index (χ2v) is 6.92. The summed E-state index contributed by atoms with van der Waals surface area (Å²) in [5.41, 5.74) is 1.47. The largest absolute Gasteiger partial charge is 0.353 e. The molecular weight excluding hydrogens is 272 g/mol. The van der Waals surface area contributed by atoms with Crippen molar-refractivity contribution in [2.24, 2.45) is 5.92 Å². The van der Waals surface area contributed by atoms with Crippen molar-refractivity contribution >= 4 is 5.91 Å². The van der Waals surface area contributed by atoms with Gasteiger partial charge in [-0.3, -0.25) is 4.79 Å². The van der Waals surface area contributed by atoms with Gasteiger partial charge in [0.25, 0.3) is 0 Å². The predicted octanol–water partition coefficient (Wildman–Crippen LogP) is 3.22. The summed E-state index contributed by atoms with van der Waals surface area (Å²) in [5, 5.41) is 6.57. The lowest BCUT2D eigenvalue weighted by Crippen LogP contribution is -2.43. The molecule has 1 aromatic carbocycles. The van der Waals surface area contributed by atoms with E-state index in [0.29, 0.717) is 17.9 Å². The molecule has 22 heavy (non-hydrogen) atoms. The third kappa shape index (κ3) is 4.33. The Morgan fingerprint density at radius 1 is 1.00 bits per heavy atom. The zero-order valence-electron chi connectivity index (χ0n) is 13.4. The number of amides is 1. The third-order valence-electron chi connectivity index (χ3n) is 5.30. The van der Waals surface area contributed by atoms with Gasteiger partial charge in [-0.15, -0.1) is 0 Å². The fraction of sp³-hybridized carbons (Fsp3) is 0.632. The van der Waals surface area contributed by atoms with E-state index < -0.39 is 0 Å². The van der Waals surface area contributed by atoms with Gasteiger partial charge in [0, 0.05) is 12.5 Å². The van der Waals surface area contributed by atoms with Crippen LogP contribution in [0.5, 0.6) is 0 Å². The molecule has 1 amide bonds. The van der Waals surface area contributed by atoms with Crippen LogP contribution >= 0.6 is 0 Å². The van der Waals surface area contributed by atoms with E-state index >= 15 is 0 Å². The van der Waals surface area contributed by atoms with Crippen molar-refractivity contribution in [2.75, 3.05) is 13.1 Å². The predicted molar refractivity (Wildman–Crippen MR) is 89.8 cm³/mol. The molecule has 1 saturated carbocycles. The number of piperidine rings is 1. The Balaban J connectivity index is 1.41. The van der Waals surface area contributed by atoms with E-state index in [4.69, 9.17) is 0 Å². The first-order chi connectivity index (χ1) is 10.8. The molecule has 3 nitrogen and oxygen atoms in total. The van der Waals surface area contributed by atoms with Gasteiger partial charge in [0.15, 0.2) is 0 Å². The van der Waals surface area contributed by atoms with Gasteiger partial charge in [-0.1, -0.05) is 30.3 Å². The SMILES string of the molecule is O=C(CC1CCC(c2ccccc2)CC1)NC1CCNCC1. The Labute approximate surface area is 133 Å². The number of carbonyl (C=O) groups is 1. The number of benzene rings is 1. The molecule has 2 fully saturated rings. The summed E-state index contributed by atoms with van der Waals surface area (Å²) in [6.07, 6.45) is 7.73. The Kier molecular flexibility index (Phi) is 5.49. The highest BCUT2D eigenvalue weighted by atomic mass is 16.1. The maximum atomic E-state index is 12.2. The highest BCUT2D eigenvalue weighted by Crippen LogP contribution is 2.36. The molecule has 2 aliphatic rings. The number of rotatable bonds is 4. The van der Waals surface area contributed by atoms with E-state index in [2.05, 4.69) is 41.0 Å². The van der Waals surface area contributed by atoms with E-state index in [9.17, 15) is 4.79 Å². The Morgan fingerprint density at radius 2 is 1.68 bits per heavy atom. The van der Waals surface area contributed by atoms with Crippen LogP contribution in [-0.4, -0.2) is 25.0 Å². The average molecular weight is 300 g/mol. The Bertz CT molecular complexity index is 460. The standard InChI is InChI=1S/C19H28N2O/c22-19(21-18-10-12-20-13-11-18)14-15-6-8-17(9-7-15)16-4-2-1-3-5-16/h1-5,15,17-18,20H,6-14H2,(H,21,22). The molecule has 2 N–H and O–H groups in total. The van der Waals surface area contributed by atoms with Gasteiger partial charge in [0.2, 0.25) is 5.91 Å². The topological polar surface area (TPSA) is 41.1 Å². The van der Waals surface area contributed by atoms with E-state index in [1.807, 2.05) is 0 Å². The molecule has 1 heterocycles. The van der Waals surface area contributed by atoms with Gasteiger partial charge < -0.3 is 10.6 Å². The summed E-state index contributed by atoms with van der Waals surface area (Å²) in [6.45, 7) is 2.07. The van der Waals surface area contributed by atoms with Crippen molar-refractivity contribution in [1.29, 1.82) is 0 Å². The summed E-state index contributed by atoms with van der Waals surface area (Å²) in [6, 6.07) is 11.2. The lowest BCUT2D eigenvalue weighted by atomic mass is 9.77. The van der Waals surface area contributed by atoms with Crippen LogP contribution in [-0.2, 0) is 4.79 Å². The third-order valence-corrected chi connectivity index (χ3v) is 5.30. The van der Waals surface area contributed by atoms with Crippen LogP contribution in [0.3, 0.4) is 0 Å². The normalized spacial score (nSPS) is 26.5. The molecule has 0 bridgehead atoms. The van der Waals surface area contributed by atoms with Gasteiger partial charge in [-0.2, -0.15) is 0 Å². The highest BCUT2D eigenvalue weighted by molar-refractivity contribution is 5.76. The maximum absolute atomic E-state index is 12.2. The minimum absolute atomic E-state index is 0.273. The summed E-state index contributed by atoms with van der Waals surface area (Å²) in [5.74, 6) is 1.56. The van der Waals surface area contributed by atoms with Gasteiger partial charge in [-0.25, -0.2) is 0 Å². The Hall–Kier alpha value is -1.35. The molecule has 0 radical (unpaired) electrons. The minimum Gasteiger partial charge on any atom is -0.353 e. The number of hydrogen-bond acceptors (Lipinski definition) is 2. The maximum Gasteiger partial charge on any atom is 0.220 e. The first-order valence-electron chi connectivity index (χ1n) is 8.86. The quantitative estimate of drug-likeness (QED) is 0.896. The Morgan fingerprint density at radius 3 is 2.36 bits per heavy atom. The molecule has 3 heteroatoms. The summed E-state index contributed by atoms with van der Waals surface area (Å²) in [4.78, 5) is 12.2. The first kappa shape index (κ1) is 15.5. The van der Waals surface area contributed by atoms with Gasteiger partial charge in [0.05, 0.1) is 0 Å². The summed E-state index contributed by atoms with van der Waals surface area (Å²) < 4.78 is 0. The van der Waals surface area contributed by atoms with Crippen LogP contribution in [0, 0.1) is 5.92 Å². The van der Waals surface area contributed by atoms with Crippen molar-refractivity contribution in [1.82, 2.24) is 10.6 Å². The molecule has 1 aliphatic carbocycles. The molecule has 0 unspecified atom stereocenters. The fourth-order valence-corrected chi connectivity index (χ4v) is 3.94. The second kappa shape index (κ2) is 7.77. The van der Waals surface area contributed by atoms with Crippen molar-refractivity contribution in [3.05, 3.63) is 35.9 Å². The van der Waals surface area contributed by atoms with Crippen LogP contribution in [0.15, 0.2) is 30.3 Å². The lowest BCUT2D eigenvalue weighted by molar-refractivity contribution is -0.123. The monoisotopic (exact) mass is 300 g/mol. The van der Waals surface area contributed by atoms with Crippen LogP contribution in [0.1, 0.15) is 56.4 Å². The number of hydrogen-bond donors (Lipinski definition) is 2. The van der Waals surface area contributed by atoms with Gasteiger partial charge in [-0.05, 0) is 69.0 Å². The van der Waals surface area contributed by atoms with Gasteiger partial charge >= 0.3 is 0 Å². The van der Waals surface area contributed by atoms with Crippen molar-refractivity contribution in [3.63, 3.8) is 0 Å². The van der Waals surface area contributed by atoms with E-state index in [-0.39, 0.29) is 5.91 Å². The lowest BCUT2D eigenvalue weighted by Gasteiger charge is -2.29. The summed E-state index contributed by atoms with van der Waals surface area (Å²) in [7, 11) is 0. The minimum atomic E-state index is 0.273. The molecule has 120 valence electrons. The molecule has 0 aromatic heterocycles. The molecule has 1 aromatic rings. The smallest absolute Gasteiger partial charge is 0.220 e. The van der Waals surface area contributed by atoms with Crippen LogP contribution in [0.25, 0.3) is 0 Å². The first-order valence-corrected chi connectivity index (χ1v) is 8.86. The van der Waals surface area contributed by atoms with Crippen LogP contribution in [0.2, 0.25) is 0 Å². The van der Waals surface area contributed by atoms with Crippen molar-refractivity contribution in [3.8, 4) is 0 Å². The zero-order chi connectivity index (χ0) is 15.2. The van der Waals surface area contributed by atoms with E-state index in [0.717, 1.165) is 32.4 Å². The van der Waals surface area contributed by atoms with E-state index in [1.54, 1.807) is 0 Å². The van der Waals surface area contributed by atoms with E-state index in [1.165, 1.54) is 31.2 Å². The van der Waals surface area contributed by atoms with Crippen LogP contribution in [0.4, 0.5) is 0 Å². The van der Waals surface area contributed by atoms with Gasteiger partial charge in [0.1, 0.15) is 0 Å². The number of nitrogens with one attached hydrogen (secondary N) is 2. The van der Waals surface area contributed by atoms with Crippen molar-refractivity contribution in [2.45, 2.75) is 56.9 Å². The molecule has 1 saturated heterocycles. The fourth-order valence-electron chi connectivity index (χ4n) is 3.94. The average Bonchev–Trinajstić information content (AvgIpc) is 2.57. The molecule has 3 rings (SSSR count). The highest BCUT2D eigenvalue weighted by Gasteiger charge is 2.25. The zero-order valence-corrected chi connectivity index (χ0v) is 13.4. The van der Waals surface area contributed by atoms with Crippen LogP contribution < -0.4 is 10.6 Å². The molecule has 0 atom stereocenters. The summed E-state index contributed by atoms with van der Waals surface area (Å²) >= 11 is 0. The number of carbonyl (C=O) groups excluding carboxylic acids is 1. The van der Waals surface area contributed by atoms with Crippen molar-refractivity contribution < 1.29 is 4.79 Å².